The van der Waals surface area contributed by atoms with Crippen LogP contribution in [0, 0.1) is 0 Å². The highest BCUT2D eigenvalue weighted by molar-refractivity contribution is 5.95. The average Bonchev–Trinajstić information content (AvgIpc) is 2.65. The van der Waals surface area contributed by atoms with Gasteiger partial charge in [-0.2, -0.15) is 0 Å². The van der Waals surface area contributed by atoms with E-state index in [2.05, 4.69) is 10.3 Å². The van der Waals surface area contributed by atoms with Gasteiger partial charge in [0.05, 0.1) is 5.52 Å². The van der Waals surface area contributed by atoms with E-state index in [-0.39, 0.29) is 18.2 Å². The van der Waals surface area contributed by atoms with E-state index < -0.39 is 5.97 Å². The van der Waals surface area contributed by atoms with Crippen LogP contribution in [0.25, 0.3) is 10.9 Å². The predicted octanol–water partition coefficient (Wildman–Crippen LogP) is 3.59. The highest BCUT2D eigenvalue weighted by Gasteiger charge is 2.12. The van der Waals surface area contributed by atoms with E-state index in [0.29, 0.717) is 11.2 Å². The first-order chi connectivity index (χ1) is 12.2. The average molecular weight is 334 g/mol. The minimum atomic E-state index is -0.622. The van der Waals surface area contributed by atoms with E-state index in [0.717, 1.165) is 17.4 Å². The van der Waals surface area contributed by atoms with Crippen molar-refractivity contribution in [2.75, 3.05) is 11.9 Å². The summed E-state index contributed by atoms with van der Waals surface area (Å²) in [5, 5.41) is 3.65. The zero-order valence-electron chi connectivity index (χ0n) is 13.9. The normalized spacial score (nSPS) is 10.4. The number of ether oxygens (including phenoxy) is 1. The van der Waals surface area contributed by atoms with Crippen LogP contribution < -0.4 is 5.32 Å². The molecule has 3 rings (SSSR count). The Morgan fingerprint density at radius 3 is 2.72 bits per heavy atom. The number of aromatic nitrogens is 1. The Hall–Kier alpha value is -3.21. The summed E-state index contributed by atoms with van der Waals surface area (Å²) in [4.78, 5) is 28.3. The smallest absolute Gasteiger partial charge is 0.357 e. The number of hydrogen-bond donors (Lipinski definition) is 1. The Labute approximate surface area is 145 Å². The topological polar surface area (TPSA) is 68.3 Å². The van der Waals surface area contributed by atoms with Gasteiger partial charge in [-0.1, -0.05) is 43.3 Å². The third-order valence-corrected chi connectivity index (χ3v) is 3.76. The maximum Gasteiger partial charge on any atom is 0.357 e. The van der Waals surface area contributed by atoms with Gasteiger partial charge < -0.3 is 10.1 Å². The van der Waals surface area contributed by atoms with Crippen molar-refractivity contribution in [2.24, 2.45) is 0 Å². The fourth-order valence-electron chi connectivity index (χ4n) is 2.45. The molecule has 126 valence electrons. The van der Waals surface area contributed by atoms with Crippen molar-refractivity contribution in [3.63, 3.8) is 0 Å². The third kappa shape index (κ3) is 4.20. The maximum atomic E-state index is 12.1. The summed E-state index contributed by atoms with van der Waals surface area (Å²) in [6, 6.07) is 18.4. The van der Waals surface area contributed by atoms with Crippen molar-refractivity contribution in [3.05, 3.63) is 71.9 Å². The lowest BCUT2D eigenvalue weighted by Crippen LogP contribution is -2.21. The van der Waals surface area contributed by atoms with Crippen molar-refractivity contribution in [1.29, 1.82) is 0 Å². The van der Waals surface area contributed by atoms with Crippen molar-refractivity contribution in [2.45, 2.75) is 13.3 Å². The number of aryl methyl sites for hydroxylation is 1. The quantitative estimate of drug-likeness (QED) is 0.724. The van der Waals surface area contributed by atoms with E-state index >= 15 is 0 Å². The van der Waals surface area contributed by atoms with Crippen molar-refractivity contribution in [3.8, 4) is 0 Å². The Morgan fingerprint density at radius 1 is 1.04 bits per heavy atom. The van der Waals surface area contributed by atoms with Gasteiger partial charge in [0.25, 0.3) is 5.91 Å². The minimum absolute atomic E-state index is 0.180. The molecule has 0 unspecified atom stereocenters. The van der Waals surface area contributed by atoms with E-state index in [9.17, 15) is 9.59 Å². The molecule has 0 saturated heterocycles. The van der Waals surface area contributed by atoms with Gasteiger partial charge in [-0.15, -0.1) is 0 Å². The number of anilines is 1. The summed E-state index contributed by atoms with van der Waals surface area (Å²) in [5.74, 6) is -1.01. The zero-order valence-corrected chi connectivity index (χ0v) is 13.9. The van der Waals surface area contributed by atoms with Gasteiger partial charge in [0.2, 0.25) is 0 Å². The number of para-hydroxylation sites is 1. The SMILES string of the molecule is CCc1cccc(NC(=O)COC(=O)c2ccc3ccccc3n2)c1. The summed E-state index contributed by atoms with van der Waals surface area (Å²) in [7, 11) is 0. The summed E-state index contributed by atoms with van der Waals surface area (Å²) in [6.07, 6.45) is 0.881. The number of nitrogens with one attached hydrogen (secondary N) is 1. The van der Waals surface area contributed by atoms with Crippen molar-refractivity contribution < 1.29 is 14.3 Å². The van der Waals surface area contributed by atoms with E-state index in [1.807, 2.05) is 49.4 Å². The van der Waals surface area contributed by atoms with E-state index in [4.69, 9.17) is 4.74 Å². The number of carbonyl (C=O) groups is 2. The molecule has 5 nitrogen and oxygen atoms in total. The molecule has 1 N–H and O–H groups in total. The molecule has 0 saturated carbocycles. The van der Waals surface area contributed by atoms with E-state index in [1.165, 1.54) is 0 Å². The second-order valence-electron chi connectivity index (χ2n) is 5.57. The number of esters is 1. The summed E-state index contributed by atoms with van der Waals surface area (Å²) >= 11 is 0. The maximum absolute atomic E-state index is 12.1. The molecule has 0 fully saturated rings. The summed E-state index contributed by atoms with van der Waals surface area (Å²) in [6.45, 7) is 1.68. The van der Waals surface area contributed by atoms with Gasteiger partial charge in [-0.3, -0.25) is 4.79 Å². The van der Waals surface area contributed by atoms with E-state index in [1.54, 1.807) is 18.2 Å². The second-order valence-corrected chi connectivity index (χ2v) is 5.57. The van der Waals surface area contributed by atoms with Crippen LogP contribution >= 0.6 is 0 Å². The number of amides is 1. The molecule has 0 aliphatic rings. The first-order valence-corrected chi connectivity index (χ1v) is 8.07. The molecule has 0 atom stereocenters. The van der Waals surface area contributed by atoms with Gasteiger partial charge in [-0.05, 0) is 36.2 Å². The number of pyridine rings is 1. The number of fused-ring (bicyclic) bond motifs is 1. The largest absolute Gasteiger partial charge is 0.451 e. The van der Waals surface area contributed by atoms with Gasteiger partial charge in [0.15, 0.2) is 6.61 Å². The van der Waals surface area contributed by atoms with Crippen LogP contribution in [0.4, 0.5) is 5.69 Å². The van der Waals surface area contributed by atoms with Crippen molar-refractivity contribution >= 4 is 28.5 Å². The first kappa shape index (κ1) is 16.6. The Morgan fingerprint density at radius 2 is 1.88 bits per heavy atom. The molecule has 0 aliphatic heterocycles. The lowest BCUT2D eigenvalue weighted by molar-refractivity contribution is -0.119. The standard InChI is InChI=1S/C20H18N2O3/c1-2-14-6-5-8-16(12-14)21-19(23)13-25-20(24)18-11-10-15-7-3-4-9-17(15)22-18/h3-12H,2,13H2,1H3,(H,21,23). The van der Waals surface area contributed by atoms with Crippen molar-refractivity contribution in [1.82, 2.24) is 4.98 Å². The zero-order chi connectivity index (χ0) is 17.6. The predicted molar refractivity (Wildman–Crippen MR) is 96.5 cm³/mol. The number of benzene rings is 2. The molecule has 1 amide bonds. The van der Waals surface area contributed by atoms with Gasteiger partial charge in [-0.25, -0.2) is 9.78 Å². The fourth-order valence-corrected chi connectivity index (χ4v) is 2.45. The third-order valence-electron chi connectivity index (χ3n) is 3.76. The first-order valence-electron chi connectivity index (χ1n) is 8.07. The molecule has 2 aromatic carbocycles. The summed E-state index contributed by atoms with van der Waals surface area (Å²) < 4.78 is 5.05. The number of rotatable bonds is 5. The minimum Gasteiger partial charge on any atom is -0.451 e. The molecule has 0 radical (unpaired) electrons. The second kappa shape index (κ2) is 7.57. The fraction of sp³-hybridized carbons (Fsp3) is 0.150. The Bertz CT molecular complexity index is 921. The van der Waals surface area contributed by atoms with Crippen LogP contribution in [0.15, 0.2) is 60.7 Å². The van der Waals surface area contributed by atoms with Crippen LogP contribution in [0.3, 0.4) is 0 Å². The molecular weight excluding hydrogens is 316 g/mol. The van der Waals surface area contributed by atoms with Crippen LogP contribution in [-0.4, -0.2) is 23.5 Å². The van der Waals surface area contributed by atoms with Gasteiger partial charge >= 0.3 is 5.97 Å². The molecule has 0 spiro atoms. The number of hydrogen-bond acceptors (Lipinski definition) is 4. The highest BCUT2D eigenvalue weighted by atomic mass is 16.5. The number of carbonyl (C=O) groups excluding carboxylic acids is 2. The Kier molecular flexibility index (Phi) is 5.04. The number of nitrogens with zero attached hydrogens (tertiary/aromatic N) is 1. The summed E-state index contributed by atoms with van der Waals surface area (Å²) in [5.41, 5.74) is 2.69. The molecular formula is C20H18N2O3. The van der Waals surface area contributed by atoms with Crippen LogP contribution in [0.2, 0.25) is 0 Å². The molecule has 3 aromatic rings. The monoisotopic (exact) mass is 334 g/mol. The van der Waals surface area contributed by atoms with Gasteiger partial charge in [0, 0.05) is 11.1 Å². The molecule has 1 heterocycles. The lowest BCUT2D eigenvalue weighted by Gasteiger charge is -2.08. The molecule has 1 aromatic heterocycles. The van der Waals surface area contributed by atoms with Crippen LogP contribution in [0.1, 0.15) is 23.0 Å². The molecule has 5 heteroatoms. The highest BCUT2D eigenvalue weighted by Crippen LogP contribution is 2.13. The van der Waals surface area contributed by atoms with Crippen LogP contribution in [0.5, 0.6) is 0 Å². The Balaban J connectivity index is 1.59. The lowest BCUT2D eigenvalue weighted by atomic mass is 10.1. The van der Waals surface area contributed by atoms with Crippen LogP contribution in [-0.2, 0) is 16.0 Å². The molecule has 0 aliphatic carbocycles. The molecule has 0 bridgehead atoms. The van der Waals surface area contributed by atoms with Gasteiger partial charge in [0.1, 0.15) is 5.69 Å². The molecule has 25 heavy (non-hydrogen) atoms.